The van der Waals surface area contributed by atoms with Crippen molar-refractivity contribution in [2.45, 2.75) is 37.8 Å². The van der Waals surface area contributed by atoms with Crippen LogP contribution < -0.4 is 15.4 Å². The van der Waals surface area contributed by atoms with Crippen LogP contribution in [0.5, 0.6) is 5.75 Å². The summed E-state index contributed by atoms with van der Waals surface area (Å²) in [6.45, 7) is 1.22. The Morgan fingerprint density at radius 3 is 2.35 bits per heavy atom. The summed E-state index contributed by atoms with van der Waals surface area (Å²) in [5.74, 6) is 0.167. The summed E-state index contributed by atoms with van der Waals surface area (Å²) >= 11 is 0. The van der Waals surface area contributed by atoms with Crippen LogP contribution in [0.3, 0.4) is 0 Å². The maximum atomic E-state index is 13.0. The van der Waals surface area contributed by atoms with Gasteiger partial charge in [0.05, 0.1) is 24.3 Å². The number of benzene rings is 3. The minimum atomic E-state index is -0.474. The van der Waals surface area contributed by atoms with Crippen molar-refractivity contribution in [3.8, 4) is 5.75 Å². The summed E-state index contributed by atoms with van der Waals surface area (Å²) in [7, 11) is 0. The van der Waals surface area contributed by atoms with Gasteiger partial charge in [-0.15, -0.1) is 0 Å². The van der Waals surface area contributed by atoms with Gasteiger partial charge in [-0.05, 0) is 49.1 Å². The van der Waals surface area contributed by atoms with Gasteiger partial charge in [-0.1, -0.05) is 60.7 Å². The van der Waals surface area contributed by atoms with Gasteiger partial charge in [0.15, 0.2) is 0 Å². The second-order valence-corrected chi connectivity index (χ2v) is 8.35. The molecule has 2 unspecified atom stereocenters. The van der Waals surface area contributed by atoms with E-state index in [1.165, 1.54) is 0 Å². The number of hydrogen-bond donors (Lipinski definition) is 2. The van der Waals surface area contributed by atoms with Crippen molar-refractivity contribution in [2.24, 2.45) is 0 Å². The first kappa shape index (κ1) is 23.5. The average Bonchev–Trinajstić information content (AvgIpc) is 2.89. The average molecular weight is 459 g/mol. The zero-order chi connectivity index (χ0) is 23.6. The van der Waals surface area contributed by atoms with Gasteiger partial charge in [-0.3, -0.25) is 9.59 Å². The van der Waals surface area contributed by atoms with Crippen LogP contribution in [-0.4, -0.2) is 31.1 Å². The van der Waals surface area contributed by atoms with Crippen LogP contribution in [0.1, 0.15) is 47.6 Å². The van der Waals surface area contributed by atoms with Crippen molar-refractivity contribution >= 4 is 17.5 Å². The maximum Gasteiger partial charge on any atom is 0.251 e. The molecule has 3 aromatic rings. The lowest BCUT2D eigenvalue weighted by Gasteiger charge is -2.23. The highest BCUT2D eigenvalue weighted by molar-refractivity contribution is 5.96. The van der Waals surface area contributed by atoms with Gasteiger partial charge in [0.25, 0.3) is 5.91 Å². The van der Waals surface area contributed by atoms with Crippen LogP contribution in [0, 0.1) is 0 Å². The van der Waals surface area contributed by atoms with Gasteiger partial charge < -0.3 is 20.1 Å². The lowest BCUT2D eigenvalue weighted by Crippen LogP contribution is -2.31. The quantitative estimate of drug-likeness (QED) is 0.466. The monoisotopic (exact) mass is 458 g/mol. The molecule has 1 aliphatic heterocycles. The predicted octanol–water partition coefficient (Wildman–Crippen LogP) is 5.13. The first-order valence-electron chi connectivity index (χ1n) is 11.7. The fraction of sp³-hybridized carbons (Fsp3) is 0.286. The Kier molecular flexibility index (Phi) is 8.30. The van der Waals surface area contributed by atoms with Crippen LogP contribution in [0.2, 0.25) is 0 Å². The highest BCUT2D eigenvalue weighted by Gasteiger charge is 2.21. The van der Waals surface area contributed by atoms with Gasteiger partial charge in [-0.2, -0.15) is 0 Å². The highest BCUT2D eigenvalue weighted by Crippen LogP contribution is 2.26. The SMILES string of the molecule is O=C(CC(NC(=O)c1ccccc1)c1ccccc1)Nc1ccccc1OCC1CCCCO1. The van der Waals surface area contributed by atoms with Crippen molar-refractivity contribution in [2.75, 3.05) is 18.5 Å². The molecule has 1 fully saturated rings. The van der Waals surface area contributed by atoms with E-state index in [1.54, 1.807) is 12.1 Å². The van der Waals surface area contributed by atoms with Crippen LogP contribution in [0.4, 0.5) is 5.69 Å². The van der Waals surface area contributed by atoms with Crippen LogP contribution >= 0.6 is 0 Å². The summed E-state index contributed by atoms with van der Waals surface area (Å²) in [5, 5.41) is 5.96. The molecule has 2 N–H and O–H groups in total. The molecule has 34 heavy (non-hydrogen) atoms. The zero-order valence-corrected chi connectivity index (χ0v) is 19.1. The van der Waals surface area contributed by atoms with Crippen LogP contribution in [0.25, 0.3) is 0 Å². The topological polar surface area (TPSA) is 76.7 Å². The Morgan fingerprint density at radius 2 is 1.62 bits per heavy atom. The molecule has 1 aliphatic rings. The predicted molar refractivity (Wildman–Crippen MR) is 132 cm³/mol. The van der Waals surface area contributed by atoms with Gasteiger partial charge >= 0.3 is 0 Å². The van der Waals surface area contributed by atoms with Crippen LogP contribution in [0.15, 0.2) is 84.9 Å². The van der Waals surface area contributed by atoms with E-state index in [-0.39, 0.29) is 24.3 Å². The molecule has 176 valence electrons. The largest absolute Gasteiger partial charge is 0.489 e. The first-order valence-corrected chi connectivity index (χ1v) is 11.7. The van der Waals surface area contributed by atoms with E-state index in [9.17, 15) is 9.59 Å². The molecule has 0 radical (unpaired) electrons. The Labute approximate surface area is 200 Å². The third-order valence-corrected chi connectivity index (χ3v) is 5.79. The van der Waals surface area contributed by atoms with Gasteiger partial charge in [0.2, 0.25) is 5.91 Å². The van der Waals surface area contributed by atoms with Gasteiger partial charge in [-0.25, -0.2) is 0 Å². The molecule has 6 nitrogen and oxygen atoms in total. The Bertz CT molecular complexity index is 1070. The zero-order valence-electron chi connectivity index (χ0n) is 19.1. The summed E-state index contributed by atoms with van der Waals surface area (Å²) in [6.07, 6.45) is 3.37. The molecular formula is C28H30N2O4. The maximum absolute atomic E-state index is 13.0. The molecule has 2 atom stereocenters. The van der Waals surface area contributed by atoms with E-state index < -0.39 is 6.04 Å². The summed E-state index contributed by atoms with van der Waals surface area (Å²) < 4.78 is 11.7. The van der Waals surface area contributed by atoms with E-state index >= 15 is 0 Å². The lowest BCUT2D eigenvalue weighted by molar-refractivity contribution is -0.116. The number of anilines is 1. The number of ether oxygens (including phenoxy) is 2. The molecule has 6 heteroatoms. The number of carbonyl (C=O) groups is 2. The van der Waals surface area contributed by atoms with Gasteiger partial charge in [0, 0.05) is 12.2 Å². The minimum Gasteiger partial charge on any atom is -0.489 e. The number of hydrogen-bond acceptors (Lipinski definition) is 4. The Hall–Kier alpha value is -3.64. The normalized spacial score (nSPS) is 16.3. The number of para-hydroxylation sites is 2. The van der Waals surface area contributed by atoms with Crippen molar-refractivity contribution in [1.82, 2.24) is 5.32 Å². The van der Waals surface area contributed by atoms with Crippen molar-refractivity contribution < 1.29 is 19.1 Å². The first-order chi connectivity index (χ1) is 16.7. The number of nitrogens with one attached hydrogen (secondary N) is 2. The van der Waals surface area contributed by atoms with Crippen molar-refractivity contribution in [1.29, 1.82) is 0 Å². The second-order valence-electron chi connectivity index (χ2n) is 8.35. The third-order valence-electron chi connectivity index (χ3n) is 5.79. The summed E-state index contributed by atoms with van der Waals surface area (Å²) in [4.78, 5) is 25.8. The molecule has 2 amide bonds. The molecule has 4 rings (SSSR count). The van der Waals surface area contributed by atoms with E-state index in [1.807, 2.05) is 72.8 Å². The number of amides is 2. The molecule has 0 saturated carbocycles. The molecule has 0 bridgehead atoms. The molecule has 0 spiro atoms. The fourth-order valence-electron chi connectivity index (χ4n) is 3.97. The molecular weight excluding hydrogens is 428 g/mol. The molecule has 0 aromatic heterocycles. The standard InChI is InChI=1S/C28H30N2O4/c31-27(29-24-16-7-8-17-26(24)34-20-23-15-9-10-18-33-23)19-25(21-11-3-1-4-12-21)30-28(32)22-13-5-2-6-14-22/h1-8,11-14,16-17,23,25H,9-10,15,18-20H2,(H,29,31)(H,30,32). The Morgan fingerprint density at radius 1 is 0.912 bits per heavy atom. The van der Waals surface area contributed by atoms with E-state index in [4.69, 9.17) is 9.47 Å². The van der Waals surface area contributed by atoms with Crippen molar-refractivity contribution in [3.63, 3.8) is 0 Å². The fourth-order valence-corrected chi connectivity index (χ4v) is 3.97. The summed E-state index contributed by atoms with van der Waals surface area (Å²) in [5.41, 5.74) is 2.01. The van der Waals surface area contributed by atoms with E-state index in [2.05, 4.69) is 10.6 Å². The lowest BCUT2D eigenvalue weighted by atomic mass is 10.0. The van der Waals surface area contributed by atoms with Crippen LogP contribution in [-0.2, 0) is 9.53 Å². The van der Waals surface area contributed by atoms with E-state index in [0.29, 0.717) is 23.6 Å². The van der Waals surface area contributed by atoms with Gasteiger partial charge in [0.1, 0.15) is 12.4 Å². The molecule has 1 heterocycles. The number of carbonyl (C=O) groups excluding carboxylic acids is 2. The summed E-state index contributed by atoms with van der Waals surface area (Å²) in [6, 6.07) is 25.4. The molecule has 1 saturated heterocycles. The second kappa shape index (κ2) is 12.0. The number of rotatable bonds is 9. The Balaban J connectivity index is 1.42. The van der Waals surface area contributed by atoms with E-state index in [0.717, 1.165) is 31.4 Å². The minimum absolute atomic E-state index is 0.0770. The molecule has 0 aliphatic carbocycles. The molecule has 3 aromatic carbocycles. The highest BCUT2D eigenvalue weighted by atomic mass is 16.5. The smallest absolute Gasteiger partial charge is 0.251 e. The third kappa shape index (κ3) is 6.68. The van der Waals surface area contributed by atoms with Crippen molar-refractivity contribution in [3.05, 3.63) is 96.1 Å².